The van der Waals surface area contributed by atoms with Crippen molar-refractivity contribution in [3.05, 3.63) is 65.8 Å². The Morgan fingerprint density at radius 1 is 1.09 bits per heavy atom. The summed E-state index contributed by atoms with van der Waals surface area (Å²) in [7, 11) is 1.63. The molecule has 1 aliphatic heterocycles. The van der Waals surface area contributed by atoms with Gasteiger partial charge < -0.3 is 14.0 Å². The van der Waals surface area contributed by atoms with Gasteiger partial charge in [0.15, 0.2) is 17.1 Å². The molecule has 2 aromatic carbocycles. The monoisotopic (exact) mass is 437 g/mol. The Bertz CT molecular complexity index is 1160. The Labute approximate surface area is 185 Å². The largest absolute Gasteiger partial charge is 0.493 e. The molecule has 3 aromatic rings. The maximum atomic E-state index is 13.5. The van der Waals surface area contributed by atoms with Gasteiger partial charge in [-0.25, -0.2) is 4.39 Å². The molecule has 2 heterocycles. The molecule has 166 valence electrons. The highest BCUT2D eigenvalue weighted by atomic mass is 19.1. The second kappa shape index (κ2) is 8.27. The first-order valence-corrected chi connectivity index (χ1v) is 10.7. The molecule has 1 unspecified atom stereocenters. The Hall–Kier alpha value is -3.39. The number of benzene rings is 2. The minimum Gasteiger partial charge on any atom is -0.493 e. The predicted molar refractivity (Wildman–Crippen MR) is 115 cm³/mol. The van der Waals surface area contributed by atoms with E-state index < -0.39 is 5.60 Å². The number of hydrogen-bond donors (Lipinski definition) is 1. The van der Waals surface area contributed by atoms with Gasteiger partial charge in [0.25, 0.3) is 5.89 Å². The zero-order valence-electron chi connectivity index (χ0n) is 17.9. The normalized spacial score (nSPS) is 20.8. The third-order valence-electron chi connectivity index (χ3n) is 5.80. The fraction of sp³-hybridized carbons (Fsp3) is 0.333. The zero-order valence-corrected chi connectivity index (χ0v) is 17.9. The molecular formula is C24H24FN3O4. The van der Waals surface area contributed by atoms with Gasteiger partial charge in [0, 0.05) is 11.1 Å². The first-order valence-electron chi connectivity index (χ1n) is 10.7. The third kappa shape index (κ3) is 3.93. The van der Waals surface area contributed by atoms with E-state index in [-0.39, 0.29) is 17.8 Å². The van der Waals surface area contributed by atoms with Crippen LogP contribution in [0.5, 0.6) is 11.5 Å². The van der Waals surface area contributed by atoms with Crippen LogP contribution < -0.4 is 15.0 Å². The van der Waals surface area contributed by atoms with Crippen molar-refractivity contribution in [3.8, 4) is 22.9 Å². The molecule has 1 fully saturated rings. The summed E-state index contributed by atoms with van der Waals surface area (Å²) in [5.74, 6) is 1.59. The molecule has 32 heavy (non-hydrogen) atoms. The minimum atomic E-state index is -0.986. The molecule has 7 nitrogen and oxygen atoms in total. The summed E-state index contributed by atoms with van der Waals surface area (Å²) in [6.45, 7) is 1.81. The van der Waals surface area contributed by atoms with Gasteiger partial charge >= 0.3 is 0 Å². The molecule has 0 amide bonds. The number of nitrogens with one attached hydrogen (secondary N) is 1. The molecule has 1 aliphatic carbocycles. The van der Waals surface area contributed by atoms with Crippen LogP contribution >= 0.6 is 0 Å². The Balaban J connectivity index is 1.41. The van der Waals surface area contributed by atoms with Gasteiger partial charge in [-0.2, -0.15) is 4.98 Å². The lowest BCUT2D eigenvalue weighted by Crippen LogP contribution is -2.23. The lowest BCUT2D eigenvalue weighted by Gasteiger charge is -2.17. The van der Waals surface area contributed by atoms with Crippen LogP contribution in [0.25, 0.3) is 17.1 Å². The van der Waals surface area contributed by atoms with Crippen molar-refractivity contribution >= 4 is 5.70 Å². The Morgan fingerprint density at radius 3 is 2.72 bits per heavy atom. The highest BCUT2D eigenvalue weighted by Gasteiger charge is 2.38. The summed E-state index contributed by atoms with van der Waals surface area (Å²) in [5, 5.41) is 3.98. The first kappa shape index (κ1) is 20.5. The van der Waals surface area contributed by atoms with E-state index in [0.717, 1.165) is 24.1 Å². The number of hydroxylamine groups is 1. The van der Waals surface area contributed by atoms with Gasteiger partial charge in [0.2, 0.25) is 5.82 Å². The summed E-state index contributed by atoms with van der Waals surface area (Å²) in [6.07, 6.45) is 6.57. The molecule has 8 heteroatoms. The van der Waals surface area contributed by atoms with Crippen molar-refractivity contribution in [1.29, 1.82) is 0 Å². The quantitative estimate of drug-likeness (QED) is 0.582. The second-order valence-corrected chi connectivity index (χ2v) is 8.19. The molecule has 0 saturated heterocycles. The topological polar surface area (TPSA) is 78.6 Å². The van der Waals surface area contributed by atoms with E-state index in [9.17, 15) is 4.39 Å². The van der Waals surface area contributed by atoms with Crippen molar-refractivity contribution in [2.75, 3.05) is 7.11 Å². The summed E-state index contributed by atoms with van der Waals surface area (Å²) in [4.78, 5) is 10.2. The zero-order chi connectivity index (χ0) is 22.1. The van der Waals surface area contributed by atoms with Crippen LogP contribution in [0.2, 0.25) is 0 Å². The van der Waals surface area contributed by atoms with E-state index in [1.54, 1.807) is 19.2 Å². The average molecular weight is 437 g/mol. The third-order valence-corrected chi connectivity index (χ3v) is 5.80. The van der Waals surface area contributed by atoms with Crippen LogP contribution in [0.1, 0.15) is 44.1 Å². The van der Waals surface area contributed by atoms with E-state index in [1.807, 2.05) is 31.2 Å². The van der Waals surface area contributed by atoms with E-state index in [1.165, 1.54) is 25.0 Å². The molecule has 0 radical (unpaired) electrons. The molecule has 0 spiro atoms. The first-order chi connectivity index (χ1) is 15.5. The van der Waals surface area contributed by atoms with Gasteiger partial charge in [-0.05, 0) is 69.0 Å². The van der Waals surface area contributed by atoms with Crippen molar-refractivity contribution in [1.82, 2.24) is 15.6 Å². The number of rotatable bonds is 6. The fourth-order valence-corrected chi connectivity index (χ4v) is 4.04. The Kier molecular flexibility index (Phi) is 5.30. The van der Waals surface area contributed by atoms with E-state index >= 15 is 0 Å². The number of halogens is 1. The van der Waals surface area contributed by atoms with Crippen LogP contribution in [0, 0.1) is 5.82 Å². The lowest BCUT2D eigenvalue weighted by molar-refractivity contribution is -0.0445. The van der Waals surface area contributed by atoms with Crippen LogP contribution in [0.4, 0.5) is 4.39 Å². The van der Waals surface area contributed by atoms with Gasteiger partial charge in [-0.1, -0.05) is 17.3 Å². The highest BCUT2D eigenvalue weighted by Crippen LogP contribution is 2.38. The van der Waals surface area contributed by atoms with E-state index in [2.05, 4.69) is 15.6 Å². The number of hydrogen-bond acceptors (Lipinski definition) is 7. The molecule has 0 bridgehead atoms. The summed E-state index contributed by atoms with van der Waals surface area (Å²) >= 11 is 0. The van der Waals surface area contributed by atoms with Gasteiger partial charge in [-0.3, -0.25) is 10.3 Å². The van der Waals surface area contributed by atoms with Crippen LogP contribution in [0.15, 0.2) is 53.1 Å². The van der Waals surface area contributed by atoms with Crippen molar-refractivity contribution in [2.24, 2.45) is 0 Å². The number of methoxy groups -OCH3 is 1. The van der Waals surface area contributed by atoms with Crippen LogP contribution in [-0.4, -0.2) is 23.4 Å². The second-order valence-electron chi connectivity index (χ2n) is 8.19. The number of aromatic nitrogens is 2. The summed E-state index contributed by atoms with van der Waals surface area (Å²) < 4.78 is 30.7. The molecular weight excluding hydrogens is 413 g/mol. The van der Waals surface area contributed by atoms with Gasteiger partial charge in [0.05, 0.1) is 18.9 Å². The summed E-state index contributed by atoms with van der Waals surface area (Å²) in [6, 6.07) is 11.8. The fourth-order valence-electron chi connectivity index (χ4n) is 4.04. The highest BCUT2D eigenvalue weighted by molar-refractivity contribution is 5.68. The maximum absolute atomic E-state index is 13.5. The van der Waals surface area contributed by atoms with Crippen molar-refractivity contribution in [2.45, 2.75) is 44.3 Å². The number of nitrogens with zero attached hydrogens (tertiary/aromatic N) is 2. The number of ether oxygens (including phenoxy) is 2. The average Bonchev–Trinajstić information content (AvgIpc) is 3.55. The predicted octanol–water partition coefficient (Wildman–Crippen LogP) is 5.00. The maximum Gasteiger partial charge on any atom is 0.265 e. The standard InChI is InChI=1S/C24H24FN3O4/c1-24(23-26-22(28-31-23)16-6-5-7-17(25)12-16)14-19(27-32-24)15-10-11-20(29-2)21(13-15)30-18-8-3-4-9-18/h5-7,10-14,18,27H,3-4,8-9H2,1-2H3. The van der Waals surface area contributed by atoms with Crippen LogP contribution in [-0.2, 0) is 10.4 Å². The minimum absolute atomic E-state index is 0.214. The molecule has 1 atom stereocenters. The van der Waals surface area contributed by atoms with Gasteiger partial charge in [-0.15, -0.1) is 0 Å². The summed E-state index contributed by atoms with van der Waals surface area (Å²) in [5.41, 5.74) is 4.13. The molecule has 2 aliphatic rings. The SMILES string of the molecule is COc1ccc(C2=CC(C)(c3nc(-c4cccc(F)c4)no3)ON2)cc1OC1CCCC1. The molecule has 1 N–H and O–H groups in total. The molecule has 5 rings (SSSR count). The van der Waals surface area contributed by atoms with E-state index in [0.29, 0.717) is 22.9 Å². The molecule has 1 saturated carbocycles. The van der Waals surface area contributed by atoms with Gasteiger partial charge in [0.1, 0.15) is 5.82 Å². The Morgan fingerprint density at radius 2 is 1.94 bits per heavy atom. The van der Waals surface area contributed by atoms with E-state index in [4.69, 9.17) is 18.8 Å². The molecule has 1 aromatic heterocycles. The lowest BCUT2D eigenvalue weighted by atomic mass is 10.0. The van der Waals surface area contributed by atoms with Crippen LogP contribution in [0.3, 0.4) is 0 Å². The van der Waals surface area contributed by atoms with Crippen molar-refractivity contribution in [3.63, 3.8) is 0 Å². The smallest absolute Gasteiger partial charge is 0.265 e. The van der Waals surface area contributed by atoms with Crippen molar-refractivity contribution < 1.29 is 23.2 Å².